The average Bonchev–Trinajstić information content (AvgIpc) is 2.27. The lowest BCUT2D eigenvalue weighted by molar-refractivity contribution is 0.281. The molecule has 1 aromatic heterocycles. The third-order valence-electron chi connectivity index (χ3n) is 2.81. The van der Waals surface area contributed by atoms with Crippen LogP contribution in [0.5, 0.6) is 0 Å². The van der Waals surface area contributed by atoms with E-state index in [0.717, 1.165) is 34.7 Å². The van der Waals surface area contributed by atoms with Gasteiger partial charge in [0.2, 0.25) is 0 Å². The number of halogens is 1. The number of aliphatic hydroxyl groups excluding tert-OH is 1. The van der Waals surface area contributed by atoms with Crippen LogP contribution >= 0.6 is 27.7 Å². The molecule has 1 N–H and O–H groups in total. The molecule has 94 valence electrons. The van der Waals surface area contributed by atoms with Crippen molar-refractivity contribution < 1.29 is 5.11 Å². The highest BCUT2D eigenvalue weighted by Crippen LogP contribution is 2.33. The minimum absolute atomic E-state index is 0.0336. The lowest BCUT2D eigenvalue weighted by Crippen LogP contribution is -2.43. The number of aromatic nitrogens is 1. The highest BCUT2D eigenvalue weighted by Gasteiger charge is 2.28. The standard InChI is InChI=1S/C12H17BrN2OS/c1-12(2)8-15(3-4-17-12)11-9(7-16)5-10(13)6-14-11/h5-6,16H,3-4,7-8H2,1-2H3. The molecule has 2 heterocycles. The number of pyridine rings is 1. The number of anilines is 1. The molecule has 1 fully saturated rings. The molecule has 1 aromatic rings. The summed E-state index contributed by atoms with van der Waals surface area (Å²) in [4.78, 5) is 6.72. The van der Waals surface area contributed by atoms with E-state index in [2.05, 4.69) is 39.7 Å². The Kier molecular flexibility index (Phi) is 4.00. The molecule has 0 unspecified atom stereocenters. The van der Waals surface area contributed by atoms with E-state index >= 15 is 0 Å². The second-order valence-corrected chi connectivity index (χ2v) is 7.54. The van der Waals surface area contributed by atoms with Crippen LogP contribution in [-0.2, 0) is 6.61 Å². The molecule has 1 saturated heterocycles. The third-order valence-corrected chi connectivity index (χ3v) is 4.54. The van der Waals surface area contributed by atoms with Crippen molar-refractivity contribution in [3.05, 3.63) is 22.3 Å². The van der Waals surface area contributed by atoms with E-state index in [-0.39, 0.29) is 11.4 Å². The molecular formula is C12H17BrN2OS. The predicted octanol–water partition coefficient (Wildman–Crippen LogP) is 2.67. The Labute approximate surface area is 115 Å². The van der Waals surface area contributed by atoms with E-state index in [1.807, 2.05) is 17.8 Å². The van der Waals surface area contributed by atoms with Crippen LogP contribution in [-0.4, -0.2) is 33.7 Å². The van der Waals surface area contributed by atoms with Gasteiger partial charge in [-0.3, -0.25) is 0 Å². The lowest BCUT2D eigenvalue weighted by Gasteiger charge is -2.38. The summed E-state index contributed by atoms with van der Waals surface area (Å²) in [5.74, 6) is 2.03. The average molecular weight is 317 g/mol. The molecule has 0 bridgehead atoms. The van der Waals surface area contributed by atoms with Gasteiger partial charge in [-0.25, -0.2) is 4.98 Å². The molecular weight excluding hydrogens is 300 g/mol. The zero-order valence-electron chi connectivity index (χ0n) is 10.1. The number of nitrogens with zero attached hydrogens (tertiary/aromatic N) is 2. The van der Waals surface area contributed by atoms with Crippen molar-refractivity contribution in [3.63, 3.8) is 0 Å². The largest absolute Gasteiger partial charge is 0.392 e. The summed E-state index contributed by atoms with van der Waals surface area (Å²) in [5, 5.41) is 9.41. The van der Waals surface area contributed by atoms with Crippen LogP contribution in [0.15, 0.2) is 16.7 Å². The normalized spacial score (nSPS) is 19.4. The van der Waals surface area contributed by atoms with Gasteiger partial charge < -0.3 is 10.0 Å². The van der Waals surface area contributed by atoms with Crippen LogP contribution in [0, 0.1) is 0 Å². The SMILES string of the molecule is CC1(C)CN(c2ncc(Br)cc2CO)CCS1. The molecule has 0 saturated carbocycles. The molecule has 0 amide bonds. The number of aliphatic hydroxyl groups is 1. The van der Waals surface area contributed by atoms with Crippen molar-refractivity contribution in [1.29, 1.82) is 0 Å². The van der Waals surface area contributed by atoms with Gasteiger partial charge in [0.25, 0.3) is 0 Å². The summed E-state index contributed by atoms with van der Waals surface area (Å²) in [6.07, 6.45) is 1.79. The molecule has 5 heteroatoms. The maximum atomic E-state index is 9.41. The van der Waals surface area contributed by atoms with Gasteiger partial charge in [-0.15, -0.1) is 0 Å². The van der Waals surface area contributed by atoms with E-state index in [4.69, 9.17) is 0 Å². The van der Waals surface area contributed by atoms with Crippen LogP contribution in [0.3, 0.4) is 0 Å². The first-order valence-corrected chi connectivity index (χ1v) is 7.44. The Balaban J connectivity index is 2.27. The number of hydrogen-bond donors (Lipinski definition) is 1. The van der Waals surface area contributed by atoms with Crippen LogP contribution < -0.4 is 4.90 Å². The maximum Gasteiger partial charge on any atom is 0.134 e. The number of rotatable bonds is 2. The van der Waals surface area contributed by atoms with Crippen LogP contribution in [0.2, 0.25) is 0 Å². The fraction of sp³-hybridized carbons (Fsp3) is 0.583. The maximum absolute atomic E-state index is 9.41. The van der Waals surface area contributed by atoms with Crippen molar-refractivity contribution in [2.24, 2.45) is 0 Å². The molecule has 0 aliphatic carbocycles. The van der Waals surface area contributed by atoms with Crippen LogP contribution in [0.25, 0.3) is 0 Å². The van der Waals surface area contributed by atoms with E-state index in [9.17, 15) is 5.11 Å². The van der Waals surface area contributed by atoms with Gasteiger partial charge in [-0.1, -0.05) is 0 Å². The quantitative estimate of drug-likeness (QED) is 0.910. The molecule has 0 spiro atoms. The number of hydrogen-bond acceptors (Lipinski definition) is 4. The molecule has 1 aliphatic heterocycles. The first kappa shape index (κ1) is 13.2. The van der Waals surface area contributed by atoms with Crippen LogP contribution in [0.4, 0.5) is 5.82 Å². The minimum Gasteiger partial charge on any atom is -0.392 e. The lowest BCUT2D eigenvalue weighted by atomic mass is 10.1. The van der Waals surface area contributed by atoms with Crippen molar-refractivity contribution in [2.45, 2.75) is 25.2 Å². The van der Waals surface area contributed by atoms with Crippen molar-refractivity contribution in [1.82, 2.24) is 4.98 Å². The summed E-state index contributed by atoms with van der Waals surface area (Å²) >= 11 is 5.38. The topological polar surface area (TPSA) is 36.4 Å². The van der Waals surface area contributed by atoms with Crippen molar-refractivity contribution >= 4 is 33.5 Å². The van der Waals surface area contributed by atoms with E-state index in [1.165, 1.54) is 0 Å². The Hall–Kier alpha value is -0.260. The zero-order chi connectivity index (χ0) is 12.5. The fourth-order valence-corrected chi connectivity index (χ4v) is 3.56. The fourth-order valence-electron chi connectivity index (χ4n) is 2.07. The summed E-state index contributed by atoms with van der Waals surface area (Å²) in [7, 11) is 0. The molecule has 17 heavy (non-hydrogen) atoms. The molecule has 1 aliphatic rings. The zero-order valence-corrected chi connectivity index (χ0v) is 12.5. The van der Waals surface area contributed by atoms with E-state index < -0.39 is 0 Å². The van der Waals surface area contributed by atoms with Crippen molar-refractivity contribution in [3.8, 4) is 0 Å². The van der Waals surface area contributed by atoms with Gasteiger partial charge in [0, 0.05) is 39.8 Å². The van der Waals surface area contributed by atoms with Gasteiger partial charge in [0.15, 0.2) is 0 Å². The van der Waals surface area contributed by atoms with Gasteiger partial charge in [-0.05, 0) is 35.8 Å². The highest BCUT2D eigenvalue weighted by atomic mass is 79.9. The third kappa shape index (κ3) is 3.14. The first-order valence-electron chi connectivity index (χ1n) is 5.66. The molecule has 0 radical (unpaired) electrons. The van der Waals surface area contributed by atoms with Crippen LogP contribution in [0.1, 0.15) is 19.4 Å². The minimum atomic E-state index is 0.0336. The Morgan fingerprint density at radius 2 is 2.35 bits per heavy atom. The van der Waals surface area contributed by atoms with E-state index in [1.54, 1.807) is 6.20 Å². The summed E-state index contributed by atoms with van der Waals surface area (Å²) < 4.78 is 1.16. The smallest absolute Gasteiger partial charge is 0.134 e. The van der Waals surface area contributed by atoms with Gasteiger partial charge in [0.05, 0.1) is 6.61 Å². The van der Waals surface area contributed by atoms with E-state index in [0.29, 0.717) is 0 Å². The van der Waals surface area contributed by atoms with Gasteiger partial charge in [-0.2, -0.15) is 11.8 Å². The second-order valence-electron chi connectivity index (χ2n) is 4.82. The highest BCUT2D eigenvalue weighted by molar-refractivity contribution is 9.10. The van der Waals surface area contributed by atoms with Crippen molar-refractivity contribution in [2.75, 3.05) is 23.7 Å². The summed E-state index contributed by atoms with van der Waals surface area (Å²) in [6, 6.07) is 1.94. The first-order chi connectivity index (χ1) is 8.02. The molecule has 3 nitrogen and oxygen atoms in total. The molecule has 2 rings (SSSR count). The summed E-state index contributed by atoms with van der Waals surface area (Å²) in [6.45, 7) is 6.50. The number of thioether (sulfide) groups is 1. The Bertz CT molecular complexity index is 411. The predicted molar refractivity (Wildman–Crippen MR) is 76.6 cm³/mol. The Morgan fingerprint density at radius 3 is 3.00 bits per heavy atom. The van der Waals surface area contributed by atoms with Gasteiger partial charge >= 0.3 is 0 Å². The Morgan fingerprint density at radius 1 is 1.59 bits per heavy atom. The molecule has 0 aromatic carbocycles. The second kappa shape index (κ2) is 5.16. The summed E-state index contributed by atoms with van der Waals surface area (Å²) in [5.41, 5.74) is 0.891. The van der Waals surface area contributed by atoms with Gasteiger partial charge in [0.1, 0.15) is 5.82 Å². The monoisotopic (exact) mass is 316 g/mol. The molecule has 0 atom stereocenters.